The molecule has 4 N–H and O–H groups in total. The molecule has 0 aromatic rings. The highest BCUT2D eigenvalue weighted by atomic mass is 16.1. The maximum Gasteiger partial charge on any atom is 0.251 e. The smallest absolute Gasteiger partial charge is 0.251 e. The molecule has 0 aromatic heterocycles. The first-order chi connectivity index (χ1) is 11.6. The van der Waals surface area contributed by atoms with Crippen molar-refractivity contribution in [1.29, 1.82) is 10.7 Å². The summed E-state index contributed by atoms with van der Waals surface area (Å²) >= 11 is 0. The Morgan fingerprint density at radius 2 is 2.21 bits per heavy atom. The summed E-state index contributed by atoms with van der Waals surface area (Å²) in [6, 6.07) is 2.00. The molecule has 0 saturated carbocycles. The van der Waals surface area contributed by atoms with E-state index >= 15 is 0 Å². The van der Waals surface area contributed by atoms with Gasteiger partial charge in [-0.05, 0) is 56.5 Å². The summed E-state index contributed by atoms with van der Waals surface area (Å²) in [6.07, 6.45) is 7.78. The van der Waals surface area contributed by atoms with Crippen molar-refractivity contribution in [1.82, 2.24) is 16.0 Å². The molecule has 1 heterocycles. The molecule has 6 heteroatoms. The van der Waals surface area contributed by atoms with Crippen LogP contribution in [-0.2, 0) is 4.79 Å². The Hall–Kier alpha value is -2.39. The van der Waals surface area contributed by atoms with E-state index in [1.54, 1.807) is 12.2 Å². The summed E-state index contributed by atoms with van der Waals surface area (Å²) < 4.78 is 0. The van der Waals surface area contributed by atoms with Crippen molar-refractivity contribution in [3.8, 4) is 6.07 Å². The number of nitriles is 1. The van der Waals surface area contributed by atoms with E-state index in [4.69, 9.17) is 10.7 Å². The van der Waals surface area contributed by atoms with E-state index in [0.29, 0.717) is 23.7 Å². The van der Waals surface area contributed by atoms with Crippen LogP contribution in [0.4, 0.5) is 0 Å². The van der Waals surface area contributed by atoms with Gasteiger partial charge in [0.25, 0.3) is 5.91 Å². The Kier molecular flexibility index (Phi) is 6.76. The molecule has 24 heavy (non-hydrogen) atoms. The number of nitrogens with zero attached hydrogens (tertiary/aromatic N) is 1. The molecule has 1 aliphatic heterocycles. The maximum atomic E-state index is 12.2. The lowest BCUT2D eigenvalue weighted by Crippen LogP contribution is -2.32. The predicted molar refractivity (Wildman–Crippen MR) is 94.5 cm³/mol. The van der Waals surface area contributed by atoms with Crippen molar-refractivity contribution < 1.29 is 4.79 Å². The van der Waals surface area contributed by atoms with Gasteiger partial charge in [-0.25, -0.2) is 0 Å². The summed E-state index contributed by atoms with van der Waals surface area (Å²) in [5, 5.41) is 26.0. The highest BCUT2D eigenvalue weighted by Crippen LogP contribution is 2.22. The third kappa shape index (κ3) is 4.80. The molecule has 2 aliphatic rings. The number of piperidine rings is 1. The maximum absolute atomic E-state index is 12.2. The standard InChI is InChI=1S/C18H25N5O/c1-13-15(18(24)23-8-2-7-19)3-4-17(20)16(13)12-22-11-14-5-9-21-10-6-14/h3-4,12,14,20-22H,2,5-6,8-11H2,1H3,(H,23,24)/b16-12-,20-17?. The summed E-state index contributed by atoms with van der Waals surface area (Å²) in [5.74, 6) is 0.449. The van der Waals surface area contributed by atoms with Crippen LogP contribution in [0.1, 0.15) is 26.2 Å². The highest BCUT2D eigenvalue weighted by Gasteiger charge is 2.19. The Bertz CT molecular complexity index is 618. The van der Waals surface area contributed by atoms with Gasteiger partial charge in [0.1, 0.15) is 0 Å². The molecule has 0 spiro atoms. The van der Waals surface area contributed by atoms with Crippen LogP contribution in [0.5, 0.6) is 0 Å². The second kappa shape index (κ2) is 9.04. The number of carbonyl (C=O) groups excluding carboxylic acids is 1. The lowest BCUT2D eigenvalue weighted by atomic mass is 9.92. The van der Waals surface area contributed by atoms with Gasteiger partial charge >= 0.3 is 0 Å². The minimum atomic E-state index is -0.198. The Balaban J connectivity index is 2.00. The van der Waals surface area contributed by atoms with Crippen molar-refractivity contribution in [3.63, 3.8) is 0 Å². The van der Waals surface area contributed by atoms with Gasteiger partial charge in [-0.2, -0.15) is 5.26 Å². The first kappa shape index (κ1) is 18.0. The molecule has 1 fully saturated rings. The van der Waals surface area contributed by atoms with Crippen molar-refractivity contribution in [3.05, 3.63) is 35.1 Å². The van der Waals surface area contributed by atoms with Crippen LogP contribution >= 0.6 is 0 Å². The summed E-state index contributed by atoms with van der Waals surface area (Å²) in [7, 11) is 0. The molecular formula is C18H25N5O. The minimum absolute atomic E-state index is 0.198. The van der Waals surface area contributed by atoms with Crippen LogP contribution in [0, 0.1) is 22.7 Å². The molecular weight excluding hydrogens is 302 g/mol. The van der Waals surface area contributed by atoms with Crippen molar-refractivity contribution >= 4 is 11.6 Å². The fraction of sp³-hybridized carbons (Fsp3) is 0.500. The molecule has 0 bridgehead atoms. The number of rotatable bonds is 6. The van der Waals surface area contributed by atoms with Crippen LogP contribution in [0.15, 0.2) is 35.1 Å². The van der Waals surface area contributed by atoms with E-state index in [0.717, 1.165) is 43.6 Å². The zero-order valence-electron chi connectivity index (χ0n) is 14.1. The number of allylic oxidation sites excluding steroid dienone is 3. The minimum Gasteiger partial charge on any atom is -0.390 e. The van der Waals surface area contributed by atoms with Gasteiger partial charge in [-0.1, -0.05) is 0 Å². The number of hydrogen-bond acceptors (Lipinski definition) is 5. The van der Waals surface area contributed by atoms with Gasteiger partial charge in [0.2, 0.25) is 0 Å². The van der Waals surface area contributed by atoms with E-state index < -0.39 is 0 Å². The summed E-state index contributed by atoms with van der Waals surface area (Å²) in [6.45, 7) is 5.21. The third-order valence-corrected chi connectivity index (χ3v) is 4.39. The second-order valence-corrected chi connectivity index (χ2v) is 6.11. The van der Waals surface area contributed by atoms with E-state index in [1.165, 1.54) is 0 Å². The number of amides is 1. The van der Waals surface area contributed by atoms with Gasteiger partial charge in [-0.15, -0.1) is 0 Å². The van der Waals surface area contributed by atoms with Crippen LogP contribution in [0.3, 0.4) is 0 Å². The van der Waals surface area contributed by atoms with Gasteiger partial charge in [0.15, 0.2) is 0 Å². The molecule has 1 amide bonds. The van der Waals surface area contributed by atoms with Crippen molar-refractivity contribution in [2.75, 3.05) is 26.2 Å². The SMILES string of the molecule is CC1=C(C(=O)NCCC#N)C=CC(=N)/C1=C\NCC1CCNCC1. The van der Waals surface area contributed by atoms with Crippen LogP contribution in [-0.4, -0.2) is 37.8 Å². The Morgan fingerprint density at radius 3 is 2.92 bits per heavy atom. The lowest BCUT2D eigenvalue weighted by Gasteiger charge is -2.23. The monoisotopic (exact) mass is 327 g/mol. The van der Waals surface area contributed by atoms with Crippen molar-refractivity contribution in [2.45, 2.75) is 26.2 Å². The van der Waals surface area contributed by atoms with Crippen molar-refractivity contribution in [2.24, 2.45) is 5.92 Å². The fourth-order valence-corrected chi connectivity index (χ4v) is 2.90. The molecule has 0 atom stereocenters. The highest BCUT2D eigenvalue weighted by molar-refractivity contribution is 6.14. The zero-order valence-corrected chi connectivity index (χ0v) is 14.1. The second-order valence-electron chi connectivity index (χ2n) is 6.11. The molecule has 0 radical (unpaired) electrons. The van der Waals surface area contributed by atoms with Gasteiger partial charge in [0, 0.05) is 30.4 Å². The van der Waals surface area contributed by atoms with Gasteiger partial charge in [-0.3, -0.25) is 4.79 Å². The zero-order chi connectivity index (χ0) is 17.4. The number of hydrogen-bond donors (Lipinski definition) is 4. The topological polar surface area (TPSA) is 101 Å². The summed E-state index contributed by atoms with van der Waals surface area (Å²) in [4.78, 5) is 12.2. The molecule has 1 aliphatic carbocycles. The first-order valence-corrected chi connectivity index (χ1v) is 8.41. The van der Waals surface area contributed by atoms with Crippen LogP contribution < -0.4 is 16.0 Å². The van der Waals surface area contributed by atoms with Crippen LogP contribution in [0.25, 0.3) is 0 Å². The fourth-order valence-electron chi connectivity index (χ4n) is 2.90. The van der Waals surface area contributed by atoms with Gasteiger partial charge < -0.3 is 21.4 Å². The summed E-state index contributed by atoms with van der Waals surface area (Å²) in [5.41, 5.74) is 2.49. The Labute approximate surface area is 143 Å². The molecule has 0 aromatic carbocycles. The molecule has 128 valence electrons. The van der Waals surface area contributed by atoms with Gasteiger partial charge in [0.05, 0.1) is 18.2 Å². The largest absolute Gasteiger partial charge is 0.390 e. The molecule has 2 rings (SSSR count). The molecule has 6 nitrogen and oxygen atoms in total. The lowest BCUT2D eigenvalue weighted by molar-refractivity contribution is -0.117. The van der Waals surface area contributed by atoms with E-state index in [9.17, 15) is 4.79 Å². The molecule has 0 unspecified atom stereocenters. The molecule has 1 saturated heterocycles. The van der Waals surface area contributed by atoms with E-state index in [2.05, 4.69) is 16.0 Å². The van der Waals surface area contributed by atoms with Crippen LogP contribution in [0.2, 0.25) is 0 Å². The predicted octanol–water partition coefficient (Wildman–Crippen LogP) is 1.40. The third-order valence-electron chi connectivity index (χ3n) is 4.39. The van der Waals surface area contributed by atoms with E-state index in [-0.39, 0.29) is 12.3 Å². The number of carbonyl (C=O) groups is 1. The normalized spacial score (nSPS) is 20.2. The average molecular weight is 327 g/mol. The quantitative estimate of drug-likeness (QED) is 0.554. The van der Waals surface area contributed by atoms with E-state index in [1.807, 2.05) is 19.2 Å². The average Bonchev–Trinajstić information content (AvgIpc) is 2.59. The number of nitrogens with one attached hydrogen (secondary N) is 4. The Morgan fingerprint density at radius 1 is 1.46 bits per heavy atom. The first-order valence-electron chi connectivity index (χ1n) is 8.41.